The summed E-state index contributed by atoms with van der Waals surface area (Å²) < 4.78 is 18.6. The summed E-state index contributed by atoms with van der Waals surface area (Å²) in [5.74, 6) is 1.22. The fraction of sp³-hybridized carbons (Fsp3) is 0.576. The molecule has 0 radical (unpaired) electrons. The molecule has 2 aromatic rings. The molecule has 41 heavy (non-hydrogen) atoms. The van der Waals surface area contributed by atoms with Crippen LogP contribution < -0.4 is 4.74 Å². The number of ether oxygens (including phenoxy) is 2. The predicted molar refractivity (Wildman–Crippen MR) is 152 cm³/mol. The number of hydrogen-bond acceptors (Lipinski definition) is 7. The molecule has 3 heterocycles. The highest BCUT2D eigenvalue weighted by Crippen LogP contribution is 2.67. The Balaban J connectivity index is 1.35. The number of esters is 1. The average molecular weight is 561 g/mol. The zero-order chi connectivity index (χ0) is 28.5. The van der Waals surface area contributed by atoms with Crippen LogP contribution >= 0.6 is 0 Å². The fourth-order valence-corrected chi connectivity index (χ4v) is 8.62. The minimum Gasteiger partial charge on any atom is -0.504 e. The number of nitrogens with zero attached hydrogens (tertiary/aromatic N) is 2. The van der Waals surface area contributed by atoms with Gasteiger partial charge in [-0.2, -0.15) is 0 Å². The summed E-state index contributed by atoms with van der Waals surface area (Å²) >= 11 is 0. The number of amides is 1. The van der Waals surface area contributed by atoms with Gasteiger partial charge in [0.05, 0.1) is 30.0 Å². The molecule has 1 N–H and O–H groups in total. The number of carbonyl (C=O) groups is 2. The lowest BCUT2D eigenvalue weighted by molar-refractivity contribution is -0.224. The van der Waals surface area contributed by atoms with E-state index in [0.29, 0.717) is 31.1 Å². The molecule has 8 nitrogen and oxygen atoms in total. The van der Waals surface area contributed by atoms with Crippen molar-refractivity contribution in [3.63, 3.8) is 0 Å². The molecule has 5 atom stereocenters. The van der Waals surface area contributed by atoms with Crippen molar-refractivity contribution in [1.82, 2.24) is 9.80 Å². The number of rotatable bonds is 8. The number of carbonyl (C=O) groups excluding carboxylic acids is 2. The number of piperidine rings is 1. The van der Waals surface area contributed by atoms with Gasteiger partial charge in [0.15, 0.2) is 11.5 Å². The zero-order valence-corrected chi connectivity index (χ0v) is 24.2. The van der Waals surface area contributed by atoms with Gasteiger partial charge in [0, 0.05) is 37.2 Å². The maximum absolute atomic E-state index is 13.9. The first-order valence-electron chi connectivity index (χ1n) is 15.2. The first kappa shape index (κ1) is 26.6. The molecule has 3 fully saturated rings. The number of furan rings is 1. The molecule has 1 amide bonds. The molecule has 1 aromatic heterocycles. The lowest BCUT2D eigenvalue weighted by Crippen LogP contribution is -2.79. The quantitative estimate of drug-likeness (QED) is 0.370. The van der Waals surface area contributed by atoms with E-state index < -0.39 is 17.1 Å². The molecule has 218 valence electrons. The van der Waals surface area contributed by atoms with E-state index in [1.807, 2.05) is 17.0 Å². The van der Waals surface area contributed by atoms with E-state index in [-0.39, 0.29) is 35.6 Å². The zero-order valence-electron chi connectivity index (χ0n) is 24.2. The maximum Gasteiger partial charge on any atom is 0.303 e. The predicted octanol–water partition coefficient (Wildman–Crippen LogP) is 4.69. The van der Waals surface area contributed by atoms with Gasteiger partial charge in [-0.3, -0.25) is 14.5 Å². The lowest BCUT2D eigenvalue weighted by atomic mass is 9.48. The SMILES string of the molecule is CC(=O)O[C@@]12CC[C@@H](N(CC(C)C)C(=O)/C=C/c3ccoc3)[C@@H]3Oc4c(O)ccc5c4[C@@]31CCN(CC1CC1)[C@@H]2C5. The van der Waals surface area contributed by atoms with Gasteiger partial charge in [-0.25, -0.2) is 0 Å². The number of phenols is 1. The summed E-state index contributed by atoms with van der Waals surface area (Å²) in [6, 6.07) is 5.38. The number of likely N-dealkylation sites (tertiary alicyclic amines) is 1. The van der Waals surface area contributed by atoms with Gasteiger partial charge in [0.1, 0.15) is 11.7 Å². The first-order chi connectivity index (χ1) is 19.7. The lowest BCUT2D eigenvalue weighted by Gasteiger charge is -2.65. The molecular weight excluding hydrogens is 520 g/mol. The van der Waals surface area contributed by atoms with Crippen molar-refractivity contribution < 1.29 is 28.6 Å². The van der Waals surface area contributed by atoms with E-state index in [9.17, 15) is 14.7 Å². The minimum atomic E-state index is -0.779. The molecule has 1 spiro atoms. The second-order valence-electron chi connectivity index (χ2n) is 13.2. The monoisotopic (exact) mass is 560 g/mol. The molecule has 0 unspecified atom stereocenters. The largest absolute Gasteiger partial charge is 0.504 e. The molecule has 8 heteroatoms. The molecule has 2 bridgehead atoms. The Kier molecular flexibility index (Phi) is 6.27. The summed E-state index contributed by atoms with van der Waals surface area (Å²) in [5.41, 5.74) is 1.57. The van der Waals surface area contributed by atoms with E-state index in [4.69, 9.17) is 13.9 Å². The van der Waals surface area contributed by atoms with Gasteiger partial charge >= 0.3 is 5.97 Å². The Morgan fingerprint density at radius 2 is 2.05 bits per heavy atom. The Bertz CT molecular complexity index is 1380. The molecule has 5 aliphatic rings. The molecule has 1 saturated heterocycles. The normalized spacial score (nSPS) is 31.7. The van der Waals surface area contributed by atoms with Gasteiger partial charge in [0.2, 0.25) is 5.91 Å². The van der Waals surface area contributed by atoms with E-state index in [1.165, 1.54) is 19.8 Å². The second kappa shape index (κ2) is 9.65. The Morgan fingerprint density at radius 1 is 1.22 bits per heavy atom. The number of aromatic hydroxyl groups is 1. The van der Waals surface area contributed by atoms with Crippen molar-refractivity contribution in [2.75, 3.05) is 19.6 Å². The highest BCUT2D eigenvalue weighted by Gasteiger charge is 2.75. The van der Waals surface area contributed by atoms with Crippen LogP contribution in [0.15, 0.2) is 41.2 Å². The molecular formula is C33H40N2O6. The van der Waals surface area contributed by atoms with Crippen molar-refractivity contribution in [2.24, 2.45) is 11.8 Å². The third-order valence-corrected chi connectivity index (χ3v) is 10.2. The molecule has 3 aliphatic carbocycles. The average Bonchev–Trinajstić information content (AvgIpc) is 3.44. The van der Waals surface area contributed by atoms with Crippen LogP contribution in [-0.2, 0) is 26.2 Å². The van der Waals surface area contributed by atoms with Crippen molar-refractivity contribution in [3.8, 4) is 11.5 Å². The molecule has 2 saturated carbocycles. The third kappa shape index (κ3) is 4.04. The maximum atomic E-state index is 13.9. The van der Waals surface area contributed by atoms with E-state index in [1.54, 1.807) is 30.7 Å². The van der Waals surface area contributed by atoms with Crippen LogP contribution in [0.3, 0.4) is 0 Å². The van der Waals surface area contributed by atoms with Gasteiger partial charge < -0.3 is 23.9 Å². The van der Waals surface area contributed by atoms with Crippen LogP contribution in [0.1, 0.15) is 69.6 Å². The van der Waals surface area contributed by atoms with Crippen molar-refractivity contribution in [3.05, 3.63) is 53.5 Å². The first-order valence-corrected chi connectivity index (χ1v) is 15.2. The Labute approximate surface area is 241 Å². The molecule has 7 rings (SSSR count). The van der Waals surface area contributed by atoms with Crippen LogP contribution in [0, 0.1) is 11.8 Å². The summed E-state index contributed by atoms with van der Waals surface area (Å²) in [7, 11) is 0. The number of benzene rings is 1. The van der Waals surface area contributed by atoms with Gasteiger partial charge in [-0.15, -0.1) is 0 Å². The van der Waals surface area contributed by atoms with Crippen LogP contribution in [0.25, 0.3) is 6.08 Å². The summed E-state index contributed by atoms with van der Waals surface area (Å²) in [6.45, 7) is 8.22. The Morgan fingerprint density at radius 3 is 2.76 bits per heavy atom. The highest BCUT2D eigenvalue weighted by molar-refractivity contribution is 5.92. The summed E-state index contributed by atoms with van der Waals surface area (Å²) in [4.78, 5) is 31.3. The second-order valence-corrected chi connectivity index (χ2v) is 13.2. The summed E-state index contributed by atoms with van der Waals surface area (Å²) in [5, 5.41) is 11.1. The van der Waals surface area contributed by atoms with Gasteiger partial charge in [0.25, 0.3) is 0 Å². The third-order valence-electron chi connectivity index (χ3n) is 10.2. The van der Waals surface area contributed by atoms with Crippen molar-refractivity contribution in [2.45, 2.75) is 88.5 Å². The van der Waals surface area contributed by atoms with Crippen molar-refractivity contribution >= 4 is 18.0 Å². The number of phenolic OH excluding ortho intramolecular Hbond substituents is 1. The smallest absolute Gasteiger partial charge is 0.303 e. The van der Waals surface area contributed by atoms with Crippen LogP contribution in [-0.4, -0.2) is 70.2 Å². The number of hydrogen-bond donors (Lipinski definition) is 1. The minimum absolute atomic E-state index is 0.0334. The summed E-state index contributed by atoms with van der Waals surface area (Å²) in [6.07, 6.45) is 11.5. The molecule has 2 aliphatic heterocycles. The van der Waals surface area contributed by atoms with Crippen LogP contribution in [0.4, 0.5) is 0 Å². The fourth-order valence-electron chi connectivity index (χ4n) is 8.62. The highest BCUT2D eigenvalue weighted by atomic mass is 16.6. The van der Waals surface area contributed by atoms with Crippen LogP contribution in [0.5, 0.6) is 11.5 Å². The standard InChI is InChI=1S/C33H40N2O6/c1-20(2)17-35(28(38)9-6-23-11-15-39-19-23)25-10-12-33(41-21(3)36)27-16-24-7-8-26(37)30-29(24)32(33,31(25)40-30)13-14-34(27)18-22-4-5-22/h6-9,11,15,19-20,22,25,27,31,37H,4-5,10,12-14,16-18H2,1-3H3/b9-6+/t25-,27-,31+,32+,33-/m1/s1. The van der Waals surface area contributed by atoms with E-state index >= 15 is 0 Å². The van der Waals surface area contributed by atoms with Gasteiger partial charge in [-0.05, 0) is 80.7 Å². The topological polar surface area (TPSA) is 92.5 Å². The Hall–Kier alpha value is -3.26. The van der Waals surface area contributed by atoms with Crippen molar-refractivity contribution in [1.29, 1.82) is 0 Å². The van der Waals surface area contributed by atoms with E-state index in [2.05, 4.69) is 18.7 Å². The van der Waals surface area contributed by atoms with E-state index in [0.717, 1.165) is 42.6 Å². The van der Waals surface area contributed by atoms with Gasteiger partial charge in [-0.1, -0.05) is 19.9 Å². The molecule has 1 aromatic carbocycles. The van der Waals surface area contributed by atoms with Crippen LogP contribution in [0.2, 0.25) is 0 Å².